The van der Waals surface area contributed by atoms with Crippen LogP contribution in [0, 0.1) is 0 Å². The quantitative estimate of drug-likeness (QED) is 0.452. The van der Waals surface area contributed by atoms with Gasteiger partial charge in [-0.1, -0.05) is 18.2 Å². The van der Waals surface area contributed by atoms with E-state index in [0.717, 1.165) is 40.8 Å². The normalized spacial score (nSPS) is 10.7. The van der Waals surface area contributed by atoms with Crippen LogP contribution in [0.2, 0.25) is 0 Å². The van der Waals surface area contributed by atoms with E-state index in [1.165, 1.54) is 44.2 Å². The molecule has 0 bridgehead atoms. The predicted octanol–water partition coefficient (Wildman–Crippen LogP) is 3.37. The molecule has 1 N–H and O–H groups in total. The number of hydrogen-bond donors (Lipinski definition) is 1. The summed E-state index contributed by atoms with van der Waals surface area (Å²) >= 11 is 0.750. The Kier molecular flexibility index (Phi) is 12.2. The Hall–Kier alpha value is -0.200. The third-order valence-electron chi connectivity index (χ3n) is 2.92. The Morgan fingerprint density at radius 2 is 1.57 bits per heavy atom. The fourth-order valence-corrected chi connectivity index (χ4v) is 2.60. The zero-order chi connectivity index (χ0) is 16.1. The summed E-state index contributed by atoms with van der Waals surface area (Å²) in [5, 5.41) is 0. The Morgan fingerprint density at radius 3 is 2.00 bits per heavy atom. The fraction of sp³-hybridized carbons (Fsp3) is 0.533. The van der Waals surface area contributed by atoms with Crippen LogP contribution >= 0.6 is 0 Å². The van der Waals surface area contributed by atoms with Crippen molar-refractivity contribution < 1.29 is 17.8 Å². The van der Waals surface area contributed by atoms with Crippen molar-refractivity contribution in [1.82, 2.24) is 0 Å². The predicted molar refractivity (Wildman–Crippen MR) is 85.0 cm³/mol. The number of unbranched alkanes of at least 4 members (excludes halogenated alkanes) is 5. The molecule has 4 nitrogen and oxygen atoms in total. The molecule has 0 aliphatic heterocycles. The van der Waals surface area contributed by atoms with E-state index in [2.05, 4.69) is 6.92 Å². The van der Waals surface area contributed by atoms with Crippen LogP contribution in [-0.4, -0.2) is 43.9 Å². The summed E-state index contributed by atoms with van der Waals surface area (Å²) in [5.41, 5.74) is 0. The van der Waals surface area contributed by atoms with E-state index in [0.29, 0.717) is 3.03 Å². The first kappa shape index (κ1) is 20.8. The summed E-state index contributed by atoms with van der Waals surface area (Å²) in [6.45, 7) is 2.22. The van der Waals surface area contributed by atoms with Crippen LogP contribution in [0.1, 0.15) is 51.9 Å². The molecule has 0 amide bonds. The van der Waals surface area contributed by atoms with Gasteiger partial charge in [-0.15, -0.1) is 0 Å². The summed E-state index contributed by atoms with van der Waals surface area (Å²) in [6, 6.07) is 7.42. The molecule has 0 atom stereocenters. The van der Waals surface area contributed by atoms with Crippen LogP contribution < -0.4 is 0 Å². The van der Waals surface area contributed by atoms with Crippen molar-refractivity contribution in [2.45, 2.75) is 56.8 Å². The van der Waals surface area contributed by atoms with Gasteiger partial charge in [-0.05, 0) is 12.1 Å². The smallest absolute Gasteiger partial charge is 0.282 e. The van der Waals surface area contributed by atoms with Crippen LogP contribution in [0.5, 0.6) is 0 Å². The van der Waals surface area contributed by atoms with Gasteiger partial charge in [-0.3, -0.25) is 4.55 Å². The van der Waals surface area contributed by atoms with Crippen molar-refractivity contribution in [2.75, 3.05) is 0 Å². The van der Waals surface area contributed by atoms with E-state index in [4.69, 9.17) is 4.55 Å². The van der Waals surface area contributed by atoms with Crippen LogP contribution in [0.4, 0.5) is 0 Å². The van der Waals surface area contributed by atoms with Gasteiger partial charge in [-0.25, -0.2) is 0 Å². The first-order valence-electron chi connectivity index (χ1n) is 7.40. The molecule has 0 aromatic heterocycles. The SMILES string of the molecule is CCCCCCCC[C](=O)[Na].O=S(=O)(O)c1ccccc1. The van der Waals surface area contributed by atoms with Gasteiger partial charge in [0, 0.05) is 0 Å². The summed E-state index contributed by atoms with van der Waals surface area (Å²) in [7, 11) is -4.00. The first-order valence-corrected chi connectivity index (χ1v) is 9.84. The zero-order valence-corrected chi connectivity index (χ0v) is 15.7. The Bertz CT molecular complexity index is 486. The van der Waals surface area contributed by atoms with E-state index in [9.17, 15) is 13.2 Å². The average molecular weight is 322 g/mol. The number of carbonyl (C=O) groups is 1. The summed E-state index contributed by atoms with van der Waals surface area (Å²) in [6.07, 6.45) is 8.57. The second-order valence-corrected chi connectivity index (χ2v) is 7.54. The molecule has 0 aliphatic rings. The van der Waals surface area contributed by atoms with Crippen molar-refractivity contribution in [2.24, 2.45) is 0 Å². The van der Waals surface area contributed by atoms with Crippen molar-refractivity contribution in [3.05, 3.63) is 30.3 Å². The molecule has 0 aliphatic carbocycles. The average Bonchev–Trinajstić information content (AvgIpc) is 2.43. The fourth-order valence-electron chi connectivity index (χ4n) is 1.75. The van der Waals surface area contributed by atoms with Crippen LogP contribution in [0.15, 0.2) is 35.2 Å². The van der Waals surface area contributed by atoms with Gasteiger partial charge in [0.2, 0.25) is 0 Å². The van der Waals surface area contributed by atoms with E-state index < -0.39 is 10.1 Å². The minimum absolute atomic E-state index is 0.0741. The first-order chi connectivity index (χ1) is 9.88. The molecule has 0 saturated carbocycles. The van der Waals surface area contributed by atoms with Crippen molar-refractivity contribution in [1.29, 1.82) is 0 Å². The molecule has 1 rings (SSSR count). The largest absolute Gasteiger partial charge is 0.294 e. The van der Waals surface area contributed by atoms with Crippen molar-refractivity contribution >= 4 is 41.1 Å². The molecule has 0 heterocycles. The Morgan fingerprint density at radius 1 is 1.05 bits per heavy atom. The molecule has 6 heteroatoms. The van der Waals surface area contributed by atoms with Gasteiger partial charge in [0.05, 0.1) is 4.90 Å². The topological polar surface area (TPSA) is 71.4 Å². The number of carbonyl (C=O) groups excluding carboxylic acids is 1. The number of benzene rings is 1. The summed E-state index contributed by atoms with van der Waals surface area (Å²) < 4.78 is 29.7. The Labute approximate surface area is 145 Å². The molecule has 0 fully saturated rings. The van der Waals surface area contributed by atoms with Gasteiger partial charge < -0.3 is 0 Å². The third-order valence-corrected chi connectivity index (χ3v) is 4.29. The maximum atomic E-state index is 10.6. The molecular formula is C15H23NaO4S. The van der Waals surface area contributed by atoms with Crippen LogP contribution in [0.25, 0.3) is 0 Å². The second kappa shape index (κ2) is 12.4. The minimum Gasteiger partial charge on any atom is -0.282 e. The van der Waals surface area contributed by atoms with Gasteiger partial charge in [0.1, 0.15) is 0 Å². The number of rotatable bonds is 8. The van der Waals surface area contributed by atoms with Gasteiger partial charge in [0.15, 0.2) is 0 Å². The molecule has 114 valence electrons. The molecule has 0 saturated heterocycles. The Balaban J connectivity index is 0.000000382. The molecule has 1 aromatic carbocycles. The van der Waals surface area contributed by atoms with Crippen LogP contribution in [0.3, 0.4) is 0 Å². The summed E-state index contributed by atoms with van der Waals surface area (Å²) in [4.78, 5) is 10.5. The van der Waals surface area contributed by atoms with Gasteiger partial charge in [0.25, 0.3) is 10.1 Å². The van der Waals surface area contributed by atoms with Crippen molar-refractivity contribution in [3.63, 3.8) is 0 Å². The molecule has 21 heavy (non-hydrogen) atoms. The monoisotopic (exact) mass is 322 g/mol. The third kappa shape index (κ3) is 13.2. The van der Waals surface area contributed by atoms with Gasteiger partial charge >= 0.3 is 87.6 Å². The maximum Gasteiger partial charge on any atom is 0.294 e. The van der Waals surface area contributed by atoms with Gasteiger partial charge in [-0.2, -0.15) is 8.42 Å². The van der Waals surface area contributed by atoms with Crippen molar-refractivity contribution in [3.8, 4) is 0 Å². The van der Waals surface area contributed by atoms with E-state index in [1.54, 1.807) is 18.2 Å². The maximum absolute atomic E-state index is 10.6. The second-order valence-electron chi connectivity index (χ2n) is 5.01. The molecule has 0 spiro atoms. The number of hydrogen-bond acceptors (Lipinski definition) is 3. The van der Waals surface area contributed by atoms with Crippen LogP contribution in [-0.2, 0) is 14.9 Å². The van der Waals surface area contributed by atoms with E-state index in [-0.39, 0.29) is 4.90 Å². The molecule has 1 aromatic rings. The molecule has 0 unspecified atom stereocenters. The zero-order valence-electron chi connectivity index (χ0n) is 12.9. The summed E-state index contributed by atoms with van der Waals surface area (Å²) in [5.74, 6) is 0. The molecule has 0 radical (unpaired) electrons. The minimum atomic E-state index is -4.00. The van der Waals surface area contributed by atoms with E-state index in [1.807, 2.05) is 0 Å². The van der Waals surface area contributed by atoms with E-state index >= 15 is 0 Å². The molecular weight excluding hydrogens is 299 g/mol. The standard InChI is InChI=1S/C9H17O.C6H6O3S.Na/c1-2-3-4-5-6-7-8-9-10;7-10(8,9)6-4-2-1-3-5-6;/h2-8H2,1H3;1-5H,(H,7,8,9);.